The van der Waals surface area contributed by atoms with Gasteiger partial charge in [0.05, 0.1) is 6.61 Å². The molecule has 2 aromatic carbocycles. The first-order chi connectivity index (χ1) is 9.78. The lowest BCUT2D eigenvalue weighted by Gasteiger charge is -2.07. The van der Waals surface area contributed by atoms with Crippen LogP contribution in [0.2, 0.25) is 0 Å². The smallest absolute Gasteiger partial charge is 0.119 e. The molecule has 2 N–H and O–H groups in total. The second kappa shape index (κ2) is 7.98. The summed E-state index contributed by atoms with van der Waals surface area (Å²) in [6, 6.07) is 16.6. The second-order valence-corrected chi connectivity index (χ2v) is 5.84. The zero-order valence-corrected chi connectivity index (χ0v) is 12.7. The maximum absolute atomic E-state index is 5.71. The van der Waals surface area contributed by atoms with Crippen LogP contribution in [-0.2, 0) is 12.3 Å². The van der Waals surface area contributed by atoms with E-state index in [0.717, 1.165) is 29.4 Å². The van der Waals surface area contributed by atoms with E-state index in [0.29, 0.717) is 6.54 Å². The van der Waals surface area contributed by atoms with Gasteiger partial charge in [0.1, 0.15) is 5.75 Å². The molecule has 0 saturated carbocycles. The average molecular weight is 287 g/mol. The maximum atomic E-state index is 5.71. The lowest BCUT2D eigenvalue weighted by atomic mass is 10.2. The summed E-state index contributed by atoms with van der Waals surface area (Å²) in [4.78, 5) is 0. The van der Waals surface area contributed by atoms with Crippen LogP contribution in [0, 0.1) is 6.92 Å². The Balaban J connectivity index is 1.66. The van der Waals surface area contributed by atoms with Crippen LogP contribution in [0.15, 0.2) is 48.5 Å². The fourth-order valence-corrected chi connectivity index (χ4v) is 2.69. The van der Waals surface area contributed by atoms with E-state index in [2.05, 4.69) is 31.2 Å². The number of thioether (sulfide) groups is 1. The minimum atomic E-state index is 0.576. The molecule has 2 nitrogen and oxygen atoms in total. The molecule has 2 aromatic rings. The molecule has 0 aliphatic rings. The van der Waals surface area contributed by atoms with Crippen LogP contribution in [0.4, 0.5) is 0 Å². The van der Waals surface area contributed by atoms with E-state index in [1.54, 1.807) is 0 Å². The number of ether oxygens (including phenoxy) is 1. The first-order valence-corrected chi connectivity index (χ1v) is 7.98. The summed E-state index contributed by atoms with van der Waals surface area (Å²) in [6.07, 6.45) is 0. The molecule has 0 aliphatic heterocycles. The summed E-state index contributed by atoms with van der Waals surface area (Å²) in [6.45, 7) is 3.44. The van der Waals surface area contributed by atoms with Crippen molar-refractivity contribution in [2.45, 2.75) is 19.2 Å². The Kier molecular flexibility index (Phi) is 5.96. The van der Waals surface area contributed by atoms with Crippen LogP contribution < -0.4 is 10.5 Å². The molecule has 0 spiro atoms. The van der Waals surface area contributed by atoms with E-state index >= 15 is 0 Å². The van der Waals surface area contributed by atoms with Crippen molar-refractivity contribution in [2.75, 3.05) is 12.4 Å². The Labute approximate surface area is 125 Å². The lowest BCUT2D eigenvalue weighted by Crippen LogP contribution is -2.01. The fraction of sp³-hybridized carbons (Fsp3) is 0.294. The molecular weight excluding hydrogens is 266 g/mol. The summed E-state index contributed by atoms with van der Waals surface area (Å²) in [5.74, 6) is 2.95. The molecule has 2 rings (SSSR count). The van der Waals surface area contributed by atoms with Crippen LogP contribution >= 0.6 is 11.8 Å². The van der Waals surface area contributed by atoms with Gasteiger partial charge in [-0.05, 0) is 30.2 Å². The average Bonchev–Trinajstić information content (AvgIpc) is 2.48. The molecule has 106 valence electrons. The molecule has 0 fully saturated rings. The monoisotopic (exact) mass is 287 g/mol. The van der Waals surface area contributed by atoms with E-state index in [9.17, 15) is 0 Å². The van der Waals surface area contributed by atoms with Gasteiger partial charge in [-0.3, -0.25) is 0 Å². The summed E-state index contributed by atoms with van der Waals surface area (Å²) in [5.41, 5.74) is 9.39. The van der Waals surface area contributed by atoms with Gasteiger partial charge in [0.25, 0.3) is 0 Å². The van der Waals surface area contributed by atoms with Crippen molar-refractivity contribution in [1.82, 2.24) is 0 Å². The Bertz CT molecular complexity index is 525. The third kappa shape index (κ3) is 4.91. The Morgan fingerprint density at radius 2 is 1.85 bits per heavy atom. The van der Waals surface area contributed by atoms with Crippen LogP contribution in [0.1, 0.15) is 16.7 Å². The van der Waals surface area contributed by atoms with Gasteiger partial charge >= 0.3 is 0 Å². The van der Waals surface area contributed by atoms with Gasteiger partial charge < -0.3 is 10.5 Å². The first-order valence-electron chi connectivity index (χ1n) is 6.83. The Morgan fingerprint density at radius 3 is 2.55 bits per heavy atom. The number of aryl methyl sites for hydroxylation is 1. The molecular formula is C17H21NOS. The van der Waals surface area contributed by atoms with Crippen LogP contribution in [0.3, 0.4) is 0 Å². The van der Waals surface area contributed by atoms with Crippen molar-refractivity contribution < 1.29 is 4.74 Å². The van der Waals surface area contributed by atoms with Gasteiger partial charge in [0.15, 0.2) is 0 Å². The van der Waals surface area contributed by atoms with Crippen LogP contribution in [-0.4, -0.2) is 12.4 Å². The number of nitrogens with two attached hydrogens (primary N) is 1. The molecule has 0 bridgehead atoms. The summed E-state index contributed by atoms with van der Waals surface area (Å²) < 4.78 is 5.71. The predicted octanol–water partition coefficient (Wildman–Crippen LogP) is 3.77. The van der Waals surface area contributed by atoms with Crippen molar-refractivity contribution in [3.05, 3.63) is 65.2 Å². The third-order valence-electron chi connectivity index (χ3n) is 3.01. The summed E-state index contributed by atoms with van der Waals surface area (Å²) >= 11 is 1.90. The predicted molar refractivity (Wildman–Crippen MR) is 87.2 cm³/mol. The first kappa shape index (κ1) is 14.9. The molecule has 20 heavy (non-hydrogen) atoms. The Morgan fingerprint density at radius 1 is 1.05 bits per heavy atom. The number of hydrogen-bond acceptors (Lipinski definition) is 3. The van der Waals surface area contributed by atoms with E-state index in [1.807, 2.05) is 36.0 Å². The summed E-state index contributed by atoms with van der Waals surface area (Å²) in [7, 11) is 0. The molecule has 0 atom stereocenters. The van der Waals surface area contributed by atoms with Crippen molar-refractivity contribution >= 4 is 11.8 Å². The van der Waals surface area contributed by atoms with Crippen LogP contribution in [0.5, 0.6) is 5.75 Å². The highest BCUT2D eigenvalue weighted by molar-refractivity contribution is 7.98. The maximum Gasteiger partial charge on any atom is 0.119 e. The molecule has 0 saturated heterocycles. The minimum absolute atomic E-state index is 0.576. The zero-order chi connectivity index (χ0) is 14.2. The van der Waals surface area contributed by atoms with Gasteiger partial charge in [0.2, 0.25) is 0 Å². The molecule has 0 radical (unpaired) electrons. The van der Waals surface area contributed by atoms with E-state index in [4.69, 9.17) is 10.5 Å². The lowest BCUT2D eigenvalue weighted by molar-refractivity contribution is 0.344. The highest BCUT2D eigenvalue weighted by atomic mass is 32.2. The fourth-order valence-electron chi connectivity index (χ4n) is 1.93. The number of benzene rings is 2. The zero-order valence-electron chi connectivity index (χ0n) is 11.8. The largest absolute Gasteiger partial charge is 0.493 e. The highest BCUT2D eigenvalue weighted by Crippen LogP contribution is 2.15. The number of hydrogen-bond donors (Lipinski definition) is 1. The molecule has 0 aromatic heterocycles. The van der Waals surface area contributed by atoms with Crippen molar-refractivity contribution in [3.8, 4) is 5.75 Å². The van der Waals surface area contributed by atoms with Gasteiger partial charge in [-0.15, -0.1) is 0 Å². The summed E-state index contributed by atoms with van der Waals surface area (Å²) in [5, 5.41) is 0. The normalized spacial score (nSPS) is 10.5. The molecule has 0 amide bonds. The standard InChI is InChI=1S/C17H21NOS/c1-14-3-2-4-16(11-14)13-20-10-9-19-17-7-5-15(12-18)6-8-17/h2-8,11H,9-10,12-13,18H2,1H3. The number of rotatable bonds is 7. The van der Waals surface area contributed by atoms with E-state index in [-0.39, 0.29) is 0 Å². The van der Waals surface area contributed by atoms with E-state index < -0.39 is 0 Å². The second-order valence-electron chi connectivity index (χ2n) is 4.74. The van der Waals surface area contributed by atoms with Gasteiger partial charge in [-0.1, -0.05) is 42.0 Å². The molecule has 0 unspecified atom stereocenters. The highest BCUT2D eigenvalue weighted by Gasteiger charge is 1.97. The minimum Gasteiger partial charge on any atom is -0.493 e. The Hall–Kier alpha value is -1.45. The SMILES string of the molecule is Cc1cccc(CSCCOc2ccc(CN)cc2)c1. The topological polar surface area (TPSA) is 35.2 Å². The van der Waals surface area contributed by atoms with E-state index in [1.165, 1.54) is 11.1 Å². The molecule has 0 aliphatic carbocycles. The van der Waals surface area contributed by atoms with Crippen molar-refractivity contribution in [1.29, 1.82) is 0 Å². The molecule has 0 heterocycles. The molecule has 3 heteroatoms. The van der Waals surface area contributed by atoms with Crippen molar-refractivity contribution in [2.24, 2.45) is 5.73 Å². The van der Waals surface area contributed by atoms with Gasteiger partial charge in [-0.25, -0.2) is 0 Å². The van der Waals surface area contributed by atoms with Gasteiger partial charge in [-0.2, -0.15) is 11.8 Å². The van der Waals surface area contributed by atoms with Crippen LogP contribution in [0.25, 0.3) is 0 Å². The third-order valence-corrected chi connectivity index (χ3v) is 4.00. The quantitative estimate of drug-likeness (QED) is 0.787. The van der Waals surface area contributed by atoms with Crippen molar-refractivity contribution in [3.63, 3.8) is 0 Å². The van der Waals surface area contributed by atoms with Gasteiger partial charge in [0, 0.05) is 18.1 Å².